The van der Waals surface area contributed by atoms with E-state index in [9.17, 15) is 57.5 Å². The van der Waals surface area contributed by atoms with Gasteiger partial charge in [0, 0.05) is 47.4 Å². The maximum absolute atomic E-state index is 15.4. The number of carbonyl (C=O) groups is 1. The summed E-state index contributed by atoms with van der Waals surface area (Å²) in [7, 11) is 0. The van der Waals surface area contributed by atoms with E-state index in [2.05, 4.69) is 86.6 Å². The minimum atomic E-state index is -7.22. The van der Waals surface area contributed by atoms with E-state index in [1.54, 1.807) is 0 Å². The molecule has 0 N–H and O–H groups in total. The fourth-order valence-corrected chi connectivity index (χ4v) is 12.4. The van der Waals surface area contributed by atoms with E-state index in [4.69, 9.17) is 9.15 Å². The average molecular weight is 1380 g/mol. The first-order valence-electron chi connectivity index (χ1n) is 31.6. The molecular weight excluding hydrogens is 1310 g/mol. The fourth-order valence-electron chi connectivity index (χ4n) is 12.4. The van der Waals surface area contributed by atoms with E-state index < -0.39 is 144 Å². The highest BCUT2D eigenvalue weighted by Crippen LogP contribution is 2.43. The second-order valence-electron chi connectivity index (χ2n) is 23.0. The molecule has 1 aliphatic heterocycles. The first-order valence-corrected chi connectivity index (χ1v) is 31.6. The second kappa shape index (κ2) is 33.3. The lowest BCUT2D eigenvalue weighted by Crippen LogP contribution is -2.81. The summed E-state index contributed by atoms with van der Waals surface area (Å²) in [6, 6.07) is 20.8. The Morgan fingerprint density at radius 2 is 0.760 bits per heavy atom. The van der Waals surface area contributed by atoms with Crippen LogP contribution in [0.2, 0.25) is 0 Å². The third-order valence-electron chi connectivity index (χ3n) is 17.3. The minimum Gasteiger partial charge on any atom is -0.462 e. The summed E-state index contributed by atoms with van der Waals surface area (Å²) in [6.45, 7) is 15.1. The smallest absolute Gasteiger partial charge is 0.338 e. The van der Waals surface area contributed by atoms with E-state index in [0.29, 0.717) is 12.2 Å². The highest BCUT2D eigenvalue weighted by atomic mass is 19.2. The van der Waals surface area contributed by atoms with Crippen LogP contribution in [0.25, 0.3) is 33.4 Å². The van der Waals surface area contributed by atoms with Crippen molar-refractivity contribution in [3.8, 4) is 22.5 Å². The van der Waals surface area contributed by atoms with Gasteiger partial charge in [-0.15, -0.1) is 21.9 Å². The van der Waals surface area contributed by atoms with E-state index in [-0.39, 0.29) is 5.97 Å². The Morgan fingerprint density at radius 1 is 0.406 bits per heavy atom. The molecule has 0 bridgehead atoms. The predicted molar refractivity (Wildman–Crippen MR) is 327 cm³/mol. The zero-order valence-electron chi connectivity index (χ0n) is 52.9. The van der Waals surface area contributed by atoms with Gasteiger partial charge in [-0.05, 0) is 63.9 Å². The molecular formula is C70H67BF20N2O3. The molecule has 96 heavy (non-hydrogen) atoms. The third-order valence-corrected chi connectivity index (χ3v) is 17.3. The molecule has 0 amide bonds. The molecule has 0 unspecified atom stereocenters. The molecule has 0 saturated carbocycles. The highest BCUT2D eigenvalue weighted by Gasteiger charge is 2.52. The van der Waals surface area contributed by atoms with Crippen LogP contribution in [0.15, 0.2) is 65.1 Å². The van der Waals surface area contributed by atoms with Crippen LogP contribution in [0, 0.1) is 116 Å². The molecule has 1 aliphatic carbocycles. The Balaban J connectivity index is 0.000000273. The van der Waals surface area contributed by atoms with Crippen LogP contribution >= 0.6 is 0 Å². The molecule has 2 aliphatic rings. The first-order chi connectivity index (χ1) is 45.8. The van der Waals surface area contributed by atoms with Crippen LogP contribution in [0.3, 0.4) is 0 Å². The number of halogens is 20. The molecule has 1 heterocycles. The zero-order chi connectivity index (χ0) is 70.6. The van der Waals surface area contributed by atoms with Crippen molar-refractivity contribution in [1.82, 2.24) is 4.58 Å². The van der Waals surface area contributed by atoms with Crippen LogP contribution in [0.1, 0.15) is 148 Å². The fraction of sp³-hybridized carbons (Fsp3) is 0.371. The molecule has 6 aromatic rings. The minimum absolute atomic E-state index is 0.256. The second-order valence-corrected chi connectivity index (χ2v) is 23.0. The van der Waals surface area contributed by atoms with Crippen LogP contribution in [-0.2, 0) is 4.74 Å². The number of anilines is 1. The van der Waals surface area contributed by atoms with Gasteiger partial charge in [0.05, 0.1) is 18.2 Å². The van der Waals surface area contributed by atoms with E-state index >= 15 is 35.1 Å². The van der Waals surface area contributed by atoms with Crippen molar-refractivity contribution in [2.75, 3.05) is 37.7 Å². The molecule has 26 heteroatoms. The van der Waals surface area contributed by atoms with Crippen LogP contribution < -0.4 is 36.7 Å². The van der Waals surface area contributed by atoms with Crippen molar-refractivity contribution in [1.29, 1.82) is 0 Å². The largest absolute Gasteiger partial charge is 0.462 e. The van der Waals surface area contributed by atoms with Gasteiger partial charge in [-0.1, -0.05) is 121 Å². The number of rotatable bonds is 28. The van der Waals surface area contributed by atoms with Gasteiger partial charge >= 0.3 is 5.97 Å². The Morgan fingerprint density at radius 3 is 1.12 bits per heavy atom. The van der Waals surface area contributed by atoms with E-state index in [0.717, 1.165) is 83.5 Å². The van der Waals surface area contributed by atoms with Crippen molar-refractivity contribution >= 4 is 50.6 Å². The number of unbranched alkanes of at least 4 members (excludes halogenated alkanes) is 15. The van der Waals surface area contributed by atoms with Gasteiger partial charge in [-0.25, -0.2) is 97.2 Å². The lowest BCUT2D eigenvalue weighted by molar-refractivity contribution is 0.0498. The molecule has 6 aromatic carbocycles. The molecule has 0 atom stereocenters. The normalized spacial score (nSPS) is 11.7. The predicted octanol–water partition coefficient (Wildman–Crippen LogP) is 18.1. The summed E-state index contributed by atoms with van der Waals surface area (Å²) in [5.74, 6) is -70.8. The van der Waals surface area contributed by atoms with Crippen molar-refractivity contribution in [3.05, 3.63) is 188 Å². The molecule has 0 radical (unpaired) electrons. The Kier molecular flexibility index (Phi) is 26.1. The molecule has 5 nitrogen and oxygen atoms in total. The number of nitrogens with zero attached hydrogens (tertiary/aromatic N) is 2. The van der Waals surface area contributed by atoms with Gasteiger partial charge in [0.15, 0.2) is 69.8 Å². The summed E-state index contributed by atoms with van der Waals surface area (Å²) < 4.78 is 309. The quantitative estimate of drug-likeness (QED) is 0.00717. The van der Waals surface area contributed by atoms with E-state index in [1.807, 2.05) is 18.2 Å². The maximum Gasteiger partial charge on any atom is 0.338 e. The van der Waals surface area contributed by atoms with Crippen LogP contribution in [0.4, 0.5) is 93.5 Å². The van der Waals surface area contributed by atoms with Crippen molar-refractivity contribution in [2.45, 2.75) is 137 Å². The van der Waals surface area contributed by atoms with Gasteiger partial charge < -0.3 is 14.1 Å². The van der Waals surface area contributed by atoms with Crippen molar-refractivity contribution in [3.63, 3.8) is 0 Å². The third kappa shape index (κ3) is 14.9. The first kappa shape index (κ1) is 75.3. The number of ether oxygens (including phenoxy) is 1. The highest BCUT2D eigenvalue weighted by molar-refractivity contribution is 7.20. The number of hydrogen-bond donors (Lipinski definition) is 0. The SMILES string of the molecule is CCCCCCCCCCCCCCCCCCOC(=O)c1ccccc1-c1c2ccc(=[N+](CC)CC)cc-2oc2cc(N(CC)CC)ccc12.Fc1c(F)c(F)c([B-](c2c(F)c(F)c(F)c(F)c2F)(c2c(F)c(F)c(F)c(F)c2F)c2c(F)c(F)c(F)c(F)c2F)c(F)c1F. The maximum atomic E-state index is 15.4. The number of carbonyl (C=O) groups excluding carboxylic acids is 1. The van der Waals surface area contributed by atoms with Crippen molar-refractivity contribution in [2.24, 2.45) is 0 Å². The lowest BCUT2D eigenvalue weighted by Gasteiger charge is -2.44. The molecule has 0 saturated heterocycles. The lowest BCUT2D eigenvalue weighted by atomic mass is 9.12. The molecule has 0 spiro atoms. The van der Waals surface area contributed by atoms with E-state index in [1.165, 1.54) is 89.9 Å². The van der Waals surface area contributed by atoms with Gasteiger partial charge in [-0.2, -0.15) is 0 Å². The molecule has 8 rings (SSSR count). The molecule has 0 fully saturated rings. The summed E-state index contributed by atoms with van der Waals surface area (Å²) in [5, 5.41) is 2.12. The summed E-state index contributed by atoms with van der Waals surface area (Å²) in [6.07, 6.45) is 14.0. The van der Waals surface area contributed by atoms with Crippen LogP contribution in [-0.4, -0.2) is 44.9 Å². The molecule has 518 valence electrons. The molecule has 0 aromatic heterocycles. The van der Waals surface area contributed by atoms with Crippen LogP contribution in [0.5, 0.6) is 0 Å². The summed E-state index contributed by atoms with van der Waals surface area (Å²) >= 11 is 0. The van der Waals surface area contributed by atoms with Crippen molar-refractivity contribution < 1.29 is 102 Å². The average Bonchev–Trinajstić information content (AvgIpc) is 0.682. The van der Waals surface area contributed by atoms with Gasteiger partial charge in [0.2, 0.25) is 5.36 Å². The zero-order valence-corrected chi connectivity index (χ0v) is 52.9. The Hall–Kier alpha value is -8.06. The monoisotopic (exact) mass is 1370 g/mol. The Bertz CT molecular complexity index is 3770. The van der Waals surface area contributed by atoms with Gasteiger partial charge in [0.1, 0.15) is 77.1 Å². The van der Waals surface area contributed by atoms with Gasteiger partial charge in [-0.3, -0.25) is 0 Å². The Labute approximate surface area is 540 Å². The van der Waals surface area contributed by atoms with Gasteiger partial charge in [0.25, 0.3) is 0 Å². The topological polar surface area (TPSA) is 45.7 Å². The summed E-state index contributed by atoms with van der Waals surface area (Å²) in [5.41, 5.74) is -8.90. The number of esters is 1. The number of hydrogen-bond acceptors (Lipinski definition) is 4. The number of benzene rings is 7. The summed E-state index contributed by atoms with van der Waals surface area (Å²) in [4.78, 5) is 16.0. The standard InChI is InChI=1S/C46H67N2O3.C24BF20/c1-6-11-12-13-14-15-16-17-18-19-20-21-22-23-24-27-34-50-46(49)40-29-26-25-28-39(40)45-41-32-30-37(47(7-2)8-3)35-43(41)51-44-36-38(31-33-42(44)45)48(9-4)10-5;26-5-1(6(27)14(35)21(42)13(5)34)25(2-7(28)15(36)22(43)16(37)8(2)29,3-9(30)17(38)23(44)18(39)10(3)31)4-11(32)19(40)24(45)20(41)12(4)33/h25-26,28-33,35-36H,6-24,27,34H2,1-5H3;/q+1;-1. The number of fused-ring (bicyclic) bond motifs is 2.